The lowest BCUT2D eigenvalue weighted by Gasteiger charge is -2.28. The summed E-state index contributed by atoms with van der Waals surface area (Å²) < 4.78 is 0. The molecule has 128 valence electrons. The fraction of sp³-hybridized carbons (Fsp3) is 0.476. The maximum atomic E-state index is 12.0. The van der Waals surface area contributed by atoms with E-state index in [1.54, 1.807) is 6.08 Å². The van der Waals surface area contributed by atoms with Gasteiger partial charge in [-0.25, -0.2) is 0 Å². The first-order chi connectivity index (χ1) is 11.8. The molecule has 2 aliphatic rings. The van der Waals surface area contributed by atoms with Crippen molar-refractivity contribution in [3.05, 3.63) is 48.1 Å². The molecule has 2 heterocycles. The van der Waals surface area contributed by atoms with Crippen molar-refractivity contribution in [2.24, 2.45) is 0 Å². The second kappa shape index (κ2) is 8.72. The van der Waals surface area contributed by atoms with Crippen LogP contribution in [0.15, 0.2) is 42.5 Å². The first kappa shape index (κ1) is 16.8. The van der Waals surface area contributed by atoms with Gasteiger partial charge in [0, 0.05) is 37.9 Å². The predicted octanol–water partition coefficient (Wildman–Crippen LogP) is 4.26. The topological polar surface area (TPSA) is 23.6 Å². The molecule has 0 bridgehead atoms. The molecular weight excluding hydrogens is 296 g/mol. The smallest absolute Gasteiger partial charge is 0.246 e. The van der Waals surface area contributed by atoms with Crippen LogP contribution >= 0.6 is 0 Å². The van der Waals surface area contributed by atoms with Gasteiger partial charge in [-0.15, -0.1) is 0 Å². The second-order valence-electron chi connectivity index (χ2n) is 6.74. The quantitative estimate of drug-likeness (QED) is 0.610. The first-order valence-corrected chi connectivity index (χ1v) is 9.31. The molecule has 0 saturated carbocycles. The lowest BCUT2D eigenvalue weighted by Crippen LogP contribution is -2.34. The molecule has 0 unspecified atom stereocenters. The summed E-state index contributed by atoms with van der Waals surface area (Å²) in [7, 11) is 0. The Labute approximate surface area is 145 Å². The third-order valence-corrected chi connectivity index (χ3v) is 4.92. The predicted molar refractivity (Wildman–Crippen MR) is 101 cm³/mol. The van der Waals surface area contributed by atoms with Gasteiger partial charge in [-0.3, -0.25) is 4.79 Å². The van der Waals surface area contributed by atoms with E-state index in [9.17, 15) is 4.79 Å². The molecule has 2 fully saturated rings. The molecule has 0 N–H and O–H groups in total. The minimum Gasteiger partial charge on any atom is -0.372 e. The van der Waals surface area contributed by atoms with Gasteiger partial charge >= 0.3 is 0 Å². The van der Waals surface area contributed by atoms with E-state index in [0.717, 1.165) is 25.9 Å². The fourth-order valence-electron chi connectivity index (χ4n) is 3.47. The zero-order valence-corrected chi connectivity index (χ0v) is 14.5. The van der Waals surface area contributed by atoms with Gasteiger partial charge < -0.3 is 9.80 Å². The summed E-state index contributed by atoms with van der Waals surface area (Å²) in [5, 5.41) is 0. The highest BCUT2D eigenvalue weighted by atomic mass is 16.2. The van der Waals surface area contributed by atoms with E-state index in [0.29, 0.717) is 0 Å². The van der Waals surface area contributed by atoms with Gasteiger partial charge in [-0.05, 0) is 56.2 Å². The van der Waals surface area contributed by atoms with E-state index in [2.05, 4.69) is 35.2 Å². The standard InChI is InChI=1S/C21H28N2O/c24-21(23-17-7-2-8-18-23)10-4-3-9-19-11-13-20(14-12-19)22-15-5-1-6-16-22/h3-4,9-14H,1-2,5-8,15-18H2/b9-3+,10-4+. The minimum absolute atomic E-state index is 0.139. The Balaban J connectivity index is 1.50. The van der Waals surface area contributed by atoms with Crippen molar-refractivity contribution < 1.29 is 4.79 Å². The highest BCUT2D eigenvalue weighted by Gasteiger charge is 2.13. The number of allylic oxidation sites excluding steroid dienone is 2. The van der Waals surface area contributed by atoms with Gasteiger partial charge in [0.25, 0.3) is 0 Å². The molecule has 2 saturated heterocycles. The Morgan fingerprint density at radius 1 is 0.792 bits per heavy atom. The average Bonchev–Trinajstić information content (AvgIpc) is 2.67. The summed E-state index contributed by atoms with van der Waals surface area (Å²) in [6.07, 6.45) is 15.0. The summed E-state index contributed by atoms with van der Waals surface area (Å²) in [6.45, 7) is 4.17. The Kier molecular flexibility index (Phi) is 6.11. The number of benzene rings is 1. The summed E-state index contributed by atoms with van der Waals surface area (Å²) >= 11 is 0. The van der Waals surface area contributed by atoms with Crippen LogP contribution in [-0.4, -0.2) is 37.0 Å². The summed E-state index contributed by atoms with van der Waals surface area (Å²) in [6, 6.07) is 8.71. The number of likely N-dealkylation sites (tertiary alicyclic amines) is 1. The highest BCUT2D eigenvalue weighted by molar-refractivity contribution is 5.88. The number of hydrogen-bond acceptors (Lipinski definition) is 2. The molecule has 0 aromatic heterocycles. The number of piperidine rings is 2. The normalized spacial score (nSPS) is 19.3. The lowest BCUT2D eigenvalue weighted by molar-refractivity contribution is -0.126. The highest BCUT2D eigenvalue weighted by Crippen LogP contribution is 2.20. The van der Waals surface area contributed by atoms with Crippen LogP contribution in [0, 0.1) is 0 Å². The third-order valence-electron chi connectivity index (χ3n) is 4.92. The van der Waals surface area contributed by atoms with Gasteiger partial charge in [0.1, 0.15) is 0 Å². The number of carbonyl (C=O) groups is 1. The van der Waals surface area contributed by atoms with Crippen LogP contribution in [0.2, 0.25) is 0 Å². The van der Waals surface area contributed by atoms with Crippen LogP contribution in [0.4, 0.5) is 5.69 Å². The number of carbonyl (C=O) groups excluding carboxylic acids is 1. The Morgan fingerprint density at radius 3 is 2.08 bits per heavy atom. The maximum Gasteiger partial charge on any atom is 0.246 e. The minimum atomic E-state index is 0.139. The van der Waals surface area contributed by atoms with Crippen molar-refractivity contribution in [1.82, 2.24) is 4.90 Å². The van der Waals surface area contributed by atoms with E-state index >= 15 is 0 Å². The van der Waals surface area contributed by atoms with Gasteiger partial charge in [-0.2, -0.15) is 0 Å². The zero-order chi connectivity index (χ0) is 16.6. The van der Waals surface area contributed by atoms with E-state index in [1.165, 1.54) is 50.0 Å². The van der Waals surface area contributed by atoms with Crippen LogP contribution in [0.3, 0.4) is 0 Å². The van der Waals surface area contributed by atoms with E-state index in [-0.39, 0.29) is 5.91 Å². The SMILES string of the molecule is O=C(/C=C/C=C/c1ccc(N2CCCCC2)cc1)N1CCCCC1. The number of nitrogens with zero attached hydrogens (tertiary/aromatic N) is 2. The van der Waals surface area contributed by atoms with E-state index < -0.39 is 0 Å². The average molecular weight is 324 g/mol. The monoisotopic (exact) mass is 324 g/mol. The molecule has 1 aromatic rings. The molecule has 0 aliphatic carbocycles. The van der Waals surface area contributed by atoms with E-state index in [4.69, 9.17) is 0 Å². The molecule has 2 aliphatic heterocycles. The van der Waals surface area contributed by atoms with Gasteiger partial charge in [0.05, 0.1) is 0 Å². The first-order valence-electron chi connectivity index (χ1n) is 9.31. The van der Waals surface area contributed by atoms with Crippen LogP contribution in [0.1, 0.15) is 44.1 Å². The summed E-state index contributed by atoms with van der Waals surface area (Å²) in [5.41, 5.74) is 2.49. The van der Waals surface area contributed by atoms with Crippen LogP contribution in [0.5, 0.6) is 0 Å². The number of anilines is 1. The Bertz CT molecular complexity index is 576. The van der Waals surface area contributed by atoms with Crippen molar-refractivity contribution in [2.75, 3.05) is 31.1 Å². The molecule has 0 spiro atoms. The molecule has 1 aromatic carbocycles. The van der Waals surface area contributed by atoms with E-state index in [1.807, 2.05) is 17.1 Å². The van der Waals surface area contributed by atoms with Crippen molar-refractivity contribution in [2.45, 2.75) is 38.5 Å². The Morgan fingerprint density at radius 2 is 1.42 bits per heavy atom. The summed E-state index contributed by atoms with van der Waals surface area (Å²) in [4.78, 5) is 16.4. The molecule has 0 radical (unpaired) electrons. The molecule has 1 amide bonds. The van der Waals surface area contributed by atoms with Crippen molar-refractivity contribution >= 4 is 17.7 Å². The van der Waals surface area contributed by atoms with Gasteiger partial charge in [0.15, 0.2) is 0 Å². The fourth-order valence-corrected chi connectivity index (χ4v) is 3.47. The molecule has 3 nitrogen and oxygen atoms in total. The van der Waals surface area contributed by atoms with Crippen molar-refractivity contribution in [3.8, 4) is 0 Å². The number of hydrogen-bond donors (Lipinski definition) is 0. The second-order valence-corrected chi connectivity index (χ2v) is 6.74. The van der Waals surface area contributed by atoms with Crippen LogP contribution in [0.25, 0.3) is 6.08 Å². The third kappa shape index (κ3) is 4.73. The van der Waals surface area contributed by atoms with Gasteiger partial charge in [-0.1, -0.05) is 30.4 Å². The Hall–Kier alpha value is -2.03. The summed E-state index contributed by atoms with van der Waals surface area (Å²) in [5.74, 6) is 0.139. The molecule has 3 heteroatoms. The largest absolute Gasteiger partial charge is 0.372 e. The molecular formula is C21H28N2O. The maximum absolute atomic E-state index is 12.0. The molecule has 3 rings (SSSR count). The van der Waals surface area contributed by atoms with Gasteiger partial charge in [0.2, 0.25) is 5.91 Å². The lowest BCUT2D eigenvalue weighted by atomic mass is 10.1. The molecule has 0 atom stereocenters. The van der Waals surface area contributed by atoms with Crippen LogP contribution in [-0.2, 0) is 4.79 Å². The zero-order valence-electron chi connectivity index (χ0n) is 14.5. The number of amides is 1. The van der Waals surface area contributed by atoms with Crippen LogP contribution < -0.4 is 4.90 Å². The molecule has 24 heavy (non-hydrogen) atoms. The number of rotatable bonds is 4. The van der Waals surface area contributed by atoms with Crippen molar-refractivity contribution in [1.29, 1.82) is 0 Å². The van der Waals surface area contributed by atoms with Crippen molar-refractivity contribution in [3.63, 3.8) is 0 Å².